The van der Waals surface area contributed by atoms with E-state index < -0.39 is 6.10 Å². The molecule has 0 bridgehead atoms. The second-order valence-corrected chi connectivity index (χ2v) is 6.33. The minimum absolute atomic E-state index is 0.0925. The Morgan fingerprint density at radius 2 is 2.04 bits per heavy atom. The van der Waals surface area contributed by atoms with Gasteiger partial charge in [-0.2, -0.15) is 0 Å². The summed E-state index contributed by atoms with van der Waals surface area (Å²) in [6.07, 6.45) is 0.0224. The van der Waals surface area contributed by atoms with Crippen molar-refractivity contribution in [3.05, 3.63) is 42.5 Å². The molecule has 2 heterocycles. The smallest absolute Gasteiger partial charge is 0.241 e. The summed E-state index contributed by atoms with van der Waals surface area (Å²) in [7, 11) is 0. The average Bonchev–Trinajstić information content (AvgIpc) is 3.16. The van der Waals surface area contributed by atoms with Crippen molar-refractivity contribution >= 4 is 33.4 Å². The standard InChI is InChI=1S/C19H21N3O2/c1-2-22-17-6-4-3-5-14(17)15-9-12(7-8-18(15)22)21-19(24)16-10-13(23)11-20-16/h3-9,13,16,20,23H,2,10-11H2,1H3,(H,21,24). The Balaban J connectivity index is 1.70. The first-order valence-corrected chi connectivity index (χ1v) is 8.40. The number of aromatic nitrogens is 1. The van der Waals surface area contributed by atoms with Gasteiger partial charge < -0.3 is 20.3 Å². The molecule has 1 aliphatic heterocycles. The van der Waals surface area contributed by atoms with Crippen LogP contribution in [0, 0.1) is 0 Å². The summed E-state index contributed by atoms with van der Waals surface area (Å²) in [5.74, 6) is -0.0925. The van der Waals surface area contributed by atoms with Crippen molar-refractivity contribution in [3.63, 3.8) is 0 Å². The van der Waals surface area contributed by atoms with E-state index in [1.807, 2.05) is 24.3 Å². The first kappa shape index (κ1) is 15.2. The van der Waals surface area contributed by atoms with E-state index in [2.05, 4.69) is 40.3 Å². The van der Waals surface area contributed by atoms with Gasteiger partial charge in [0.2, 0.25) is 5.91 Å². The highest BCUT2D eigenvalue weighted by Crippen LogP contribution is 2.31. The molecular weight excluding hydrogens is 302 g/mol. The van der Waals surface area contributed by atoms with E-state index in [0.29, 0.717) is 13.0 Å². The number of carbonyl (C=O) groups excluding carboxylic acids is 1. The van der Waals surface area contributed by atoms with Crippen molar-refractivity contribution in [2.75, 3.05) is 11.9 Å². The largest absolute Gasteiger partial charge is 0.392 e. The van der Waals surface area contributed by atoms with Gasteiger partial charge in [-0.1, -0.05) is 18.2 Å². The van der Waals surface area contributed by atoms with Gasteiger partial charge in [-0.05, 0) is 37.6 Å². The highest BCUT2D eigenvalue weighted by atomic mass is 16.3. The normalized spacial score (nSPS) is 20.8. The van der Waals surface area contributed by atoms with Crippen LogP contribution in [0.1, 0.15) is 13.3 Å². The third-order valence-electron chi connectivity index (χ3n) is 4.78. The minimum Gasteiger partial charge on any atom is -0.392 e. The molecule has 24 heavy (non-hydrogen) atoms. The summed E-state index contributed by atoms with van der Waals surface area (Å²) in [5, 5.41) is 17.9. The molecule has 0 aliphatic carbocycles. The second-order valence-electron chi connectivity index (χ2n) is 6.33. The van der Waals surface area contributed by atoms with Gasteiger partial charge in [0.15, 0.2) is 0 Å². The van der Waals surface area contributed by atoms with E-state index in [9.17, 15) is 9.90 Å². The van der Waals surface area contributed by atoms with Crippen molar-refractivity contribution in [2.24, 2.45) is 0 Å². The fourth-order valence-corrected chi connectivity index (χ4v) is 3.62. The van der Waals surface area contributed by atoms with Crippen LogP contribution < -0.4 is 10.6 Å². The maximum absolute atomic E-state index is 12.3. The molecule has 0 saturated carbocycles. The van der Waals surface area contributed by atoms with Gasteiger partial charge in [-0.3, -0.25) is 4.79 Å². The van der Waals surface area contributed by atoms with Crippen molar-refractivity contribution < 1.29 is 9.90 Å². The van der Waals surface area contributed by atoms with E-state index in [1.54, 1.807) is 0 Å². The second kappa shape index (κ2) is 5.92. The molecule has 2 unspecified atom stereocenters. The van der Waals surface area contributed by atoms with Gasteiger partial charge in [0.1, 0.15) is 0 Å². The van der Waals surface area contributed by atoms with Crippen molar-refractivity contribution in [2.45, 2.75) is 32.0 Å². The third-order valence-corrected chi connectivity index (χ3v) is 4.78. The van der Waals surface area contributed by atoms with Gasteiger partial charge in [-0.25, -0.2) is 0 Å². The number of nitrogens with zero attached hydrogens (tertiary/aromatic N) is 1. The van der Waals surface area contributed by atoms with Crippen LogP contribution in [0.15, 0.2) is 42.5 Å². The summed E-state index contributed by atoms with van der Waals surface area (Å²) in [6, 6.07) is 14.0. The Hall–Kier alpha value is -2.37. The number of carbonyl (C=O) groups is 1. The number of benzene rings is 2. The number of amides is 1. The molecule has 3 N–H and O–H groups in total. The molecule has 4 rings (SSSR count). The fourth-order valence-electron chi connectivity index (χ4n) is 3.62. The number of β-amino-alcohol motifs (C(OH)–C–C–N with tert-alkyl or cyclic N) is 1. The van der Waals surface area contributed by atoms with Crippen molar-refractivity contribution in [1.29, 1.82) is 0 Å². The molecule has 1 aromatic heterocycles. The van der Waals surface area contributed by atoms with Crippen LogP contribution in [0.5, 0.6) is 0 Å². The number of para-hydroxylation sites is 1. The van der Waals surface area contributed by atoms with Crippen molar-refractivity contribution in [1.82, 2.24) is 9.88 Å². The molecule has 1 fully saturated rings. The van der Waals surface area contributed by atoms with Gasteiger partial charge in [0.05, 0.1) is 12.1 Å². The maximum Gasteiger partial charge on any atom is 0.241 e. The zero-order chi connectivity index (χ0) is 16.7. The molecular formula is C19H21N3O2. The van der Waals surface area contributed by atoms with Crippen LogP contribution in [0.25, 0.3) is 21.8 Å². The highest BCUT2D eigenvalue weighted by Gasteiger charge is 2.28. The number of aliphatic hydroxyl groups is 1. The van der Waals surface area contributed by atoms with E-state index in [1.165, 1.54) is 16.4 Å². The number of hydrogen-bond acceptors (Lipinski definition) is 3. The summed E-state index contributed by atoms with van der Waals surface area (Å²) in [6.45, 7) is 3.51. The first-order chi connectivity index (χ1) is 11.7. The SMILES string of the molecule is CCn1c2ccccc2c2cc(NC(=O)C3CC(O)CN3)ccc21. The van der Waals surface area contributed by atoms with E-state index >= 15 is 0 Å². The Morgan fingerprint density at radius 3 is 2.79 bits per heavy atom. The maximum atomic E-state index is 12.3. The number of nitrogens with one attached hydrogen (secondary N) is 2. The van der Waals surface area contributed by atoms with Gasteiger partial charge in [-0.15, -0.1) is 0 Å². The van der Waals surface area contributed by atoms with Crippen molar-refractivity contribution in [3.8, 4) is 0 Å². The van der Waals surface area contributed by atoms with Gasteiger partial charge in [0.25, 0.3) is 0 Å². The molecule has 1 saturated heterocycles. The number of hydrogen-bond donors (Lipinski definition) is 3. The molecule has 124 valence electrons. The zero-order valence-corrected chi connectivity index (χ0v) is 13.6. The predicted octanol–water partition coefficient (Wildman–Crippen LogP) is 2.48. The summed E-state index contributed by atoms with van der Waals surface area (Å²) in [4.78, 5) is 12.3. The average molecular weight is 323 g/mol. The van der Waals surface area contributed by atoms with E-state index in [4.69, 9.17) is 0 Å². The quantitative estimate of drug-likeness (QED) is 0.694. The lowest BCUT2D eigenvalue weighted by Gasteiger charge is -2.11. The van der Waals surface area contributed by atoms with Crippen LogP contribution in [-0.4, -0.2) is 34.3 Å². The lowest BCUT2D eigenvalue weighted by atomic mass is 10.1. The molecule has 5 nitrogen and oxygen atoms in total. The van der Waals surface area contributed by atoms with Crippen LogP contribution in [-0.2, 0) is 11.3 Å². The molecule has 0 spiro atoms. The Morgan fingerprint density at radius 1 is 1.25 bits per heavy atom. The van der Waals surface area contributed by atoms with E-state index in [-0.39, 0.29) is 11.9 Å². The predicted molar refractivity (Wildman–Crippen MR) is 96.2 cm³/mol. The molecule has 2 aromatic carbocycles. The Labute approximate surface area is 140 Å². The number of anilines is 1. The van der Waals surface area contributed by atoms with Crippen LogP contribution in [0.2, 0.25) is 0 Å². The Kier molecular flexibility index (Phi) is 3.75. The topological polar surface area (TPSA) is 66.3 Å². The third kappa shape index (κ3) is 2.46. The zero-order valence-electron chi connectivity index (χ0n) is 13.6. The fraction of sp³-hybridized carbons (Fsp3) is 0.316. The molecule has 0 radical (unpaired) electrons. The molecule has 1 amide bonds. The molecule has 2 atom stereocenters. The highest BCUT2D eigenvalue weighted by molar-refractivity contribution is 6.10. The Bertz CT molecular complexity index is 916. The van der Waals surface area contributed by atoms with Crippen LogP contribution in [0.4, 0.5) is 5.69 Å². The van der Waals surface area contributed by atoms with Crippen LogP contribution in [0.3, 0.4) is 0 Å². The first-order valence-electron chi connectivity index (χ1n) is 8.40. The van der Waals surface area contributed by atoms with E-state index in [0.717, 1.165) is 17.6 Å². The number of fused-ring (bicyclic) bond motifs is 3. The van der Waals surface area contributed by atoms with Crippen LogP contribution >= 0.6 is 0 Å². The lowest BCUT2D eigenvalue weighted by molar-refractivity contribution is -0.117. The van der Waals surface area contributed by atoms with Gasteiger partial charge >= 0.3 is 0 Å². The lowest BCUT2D eigenvalue weighted by Crippen LogP contribution is -2.35. The molecule has 5 heteroatoms. The number of rotatable bonds is 3. The molecule has 1 aliphatic rings. The molecule has 3 aromatic rings. The minimum atomic E-state index is -0.439. The van der Waals surface area contributed by atoms with Gasteiger partial charge in [0, 0.05) is 40.6 Å². The number of aryl methyl sites for hydroxylation is 1. The monoisotopic (exact) mass is 323 g/mol. The number of aliphatic hydroxyl groups excluding tert-OH is 1. The summed E-state index contributed by atoms with van der Waals surface area (Å²) < 4.78 is 2.28. The summed E-state index contributed by atoms with van der Waals surface area (Å²) >= 11 is 0. The summed E-state index contributed by atoms with van der Waals surface area (Å²) in [5.41, 5.74) is 3.17.